The Bertz CT molecular complexity index is 926. The summed E-state index contributed by atoms with van der Waals surface area (Å²) in [4.78, 5) is 23.4. The highest BCUT2D eigenvalue weighted by molar-refractivity contribution is 5.97. The second-order valence-corrected chi connectivity index (χ2v) is 5.35. The molecule has 3 N–H and O–H groups in total. The number of hydrogen-bond donors (Lipinski definition) is 3. The second-order valence-electron chi connectivity index (χ2n) is 5.35. The molecule has 2 aromatic rings. The van der Waals surface area contributed by atoms with Crippen LogP contribution in [0, 0.1) is 0 Å². The number of carbonyl (C=O) groups excluding carboxylic acids is 2. The number of amides is 2. The molecule has 28 heavy (non-hydrogen) atoms. The molecule has 0 bridgehead atoms. The van der Waals surface area contributed by atoms with E-state index in [1.54, 1.807) is 12.1 Å². The summed E-state index contributed by atoms with van der Waals surface area (Å²) in [5, 5.41) is 30.0. The van der Waals surface area contributed by atoms with Crippen LogP contribution in [0.4, 0.5) is 5.69 Å². The lowest BCUT2D eigenvalue weighted by Crippen LogP contribution is -2.20. The van der Waals surface area contributed by atoms with Crippen molar-refractivity contribution in [3.63, 3.8) is 0 Å². The van der Waals surface area contributed by atoms with Gasteiger partial charge in [-0.1, -0.05) is 0 Å². The molecule has 0 unspecified atom stereocenters. The van der Waals surface area contributed by atoms with Crippen molar-refractivity contribution >= 4 is 23.7 Å². The Balaban J connectivity index is 1.86. The zero-order valence-corrected chi connectivity index (χ0v) is 15.1. The minimum Gasteiger partial charge on any atom is -0.504 e. The summed E-state index contributed by atoms with van der Waals surface area (Å²) in [6.45, 7) is 0. The van der Waals surface area contributed by atoms with E-state index in [-0.39, 0.29) is 22.9 Å². The molecule has 2 amide bonds. The van der Waals surface area contributed by atoms with Crippen molar-refractivity contribution < 1.29 is 29.3 Å². The van der Waals surface area contributed by atoms with Crippen molar-refractivity contribution in [2.45, 2.75) is 6.42 Å². The number of benzene rings is 2. The molecule has 10 heteroatoms. The lowest BCUT2D eigenvalue weighted by Gasteiger charge is -2.03. The monoisotopic (exact) mass is 386 g/mol. The first-order valence-electron chi connectivity index (χ1n) is 7.93. The van der Waals surface area contributed by atoms with Gasteiger partial charge in [0.1, 0.15) is 6.42 Å². The number of phenolic OH excluding ortho intramolecular Hbond substituents is 2. The van der Waals surface area contributed by atoms with Gasteiger partial charge in [-0.3, -0.25) is 9.59 Å². The summed E-state index contributed by atoms with van der Waals surface area (Å²) in [6.07, 6.45) is 0.736. The molecule has 2 rings (SSSR count). The van der Waals surface area contributed by atoms with E-state index in [9.17, 15) is 19.8 Å². The third kappa shape index (κ3) is 5.80. The zero-order chi connectivity index (χ0) is 20.5. The molecule has 0 saturated carbocycles. The zero-order valence-electron chi connectivity index (χ0n) is 15.1. The minimum absolute atomic E-state index is 0.0714. The normalized spacial score (nSPS) is 10.9. The summed E-state index contributed by atoms with van der Waals surface area (Å²) in [5.41, 5.74) is 2.91. The van der Waals surface area contributed by atoms with E-state index in [4.69, 9.17) is 9.47 Å². The number of hydrazone groups is 1. The Morgan fingerprint density at radius 2 is 1.68 bits per heavy atom. The van der Waals surface area contributed by atoms with Crippen LogP contribution in [0.5, 0.6) is 23.0 Å². The van der Waals surface area contributed by atoms with E-state index in [1.165, 1.54) is 44.7 Å². The SMILES string of the molecule is COc1ccc(C=NNC(=O)CC(=O)N=Nc2ccc(OC)c(O)c2)cc1O. The van der Waals surface area contributed by atoms with E-state index in [0.717, 1.165) is 0 Å². The van der Waals surface area contributed by atoms with Gasteiger partial charge in [0.2, 0.25) is 5.91 Å². The molecule has 0 atom stereocenters. The van der Waals surface area contributed by atoms with Gasteiger partial charge in [0, 0.05) is 6.07 Å². The van der Waals surface area contributed by atoms with Crippen LogP contribution in [0.1, 0.15) is 12.0 Å². The lowest BCUT2D eigenvalue weighted by atomic mass is 10.2. The van der Waals surface area contributed by atoms with E-state index >= 15 is 0 Å². The fraction of sp³-hybridized carbons (Fsp3) is 0.167. The summed E-state index contributed by atoms with van der Waals surface area (Å²) in [7, 11) is 2.83. The van der Waals surface area contributed by atoms with Crippen molar-refractivity contribution in [3.05, 3.63) is 42.0 Å². The molecular weight excluding hydrogens is 368 g/mol. The maximum Gasteiger partial charge on any atom is 0.274 e. The Morgan fingerprint density at radius 1 is 1.04 bits per heavy atom. The predicted molar refractivity (Wildman–Crippen MR) is 99.2 cm³/mol. The van der Waals surface area contributed by atoms with Crippen molar-refractivity contribution in [1.29, 1.82) is 0 Å². The quantitative estimate of drug-likeness (QED) is 0.288. The number of ether oxygens (including phenoxy) is 2. The van der Waals surface area contributed by atoms with Crippen LogP contribution in [0.2, 0.25) is 0 Å². The number of carbonyl (C=O) groups is 2. The number of hydrogen-bond acceptors (Lipinski definition) is 8. The van der Waals surface area contributed by atoms with Crippen LogP contribution in [0.3, 0.4) is 0 Å². The Morgan fingerprint density at radius 3 is 2.29 bits per heavy atom. The minimum atomic E-state index is -0.787. The van der Waals surface area contributed by atoms with Gasteiger partial charge < -0.3 is 19.7 Å². The lowest BCUT2D eigenvalue weighted by molar-refractivity contribution is -0.127. The Kier molecular flexibility index (Phi) is 7.03. The van der Waals surface area contributed by atoms with Crippen LogP contribution in [-0.4, -0.2) is 42.5 Å². The average molecular weight is 386 g/mol. The van der Waals surface area contributed by atoms with E-state index < -0.39 is 18.2 Å². The summed E-state index contributed by atoms with van der Waals surface area (Å²) in [6, 6.07) is 8.79. The smallest absolute Gasteiger partial charge is 0.274 e. The molecular formula is C18H18N4O6. The number of aromatic hydroxyl groups is 2. The number of rotatable bonds is 7. The molecule has 0 radical (unpaired) electrons. The fourth-order valence-electron chi connectivity index (χ4n) is 2.03. The number of nitrogens with one attached hydrogen (secondary N) is 1. The molecule has 0 spiro atoms. The van der Waals surface area contributed by atoms with Crippen molar-refractivity contribution in [2.24, 2.45) is 15.3 Å². The first kappa shape index (κ1) is 20.4. The third-order valence-corrected chi connectivity index (χ3v) is 3.36. The van der Waals surface area contributed by atoms with E-state index in [1.807, 2.05) is 0 Å². The first-order valence-corrected chi connectivity index (χ1v) is 7.93. The average Bonchev–Trinajstić information content (AvgIpc) is 2.66. The second kappa shape index (κ2) is 9.67. The topological polar surface area (TPSA) is 142 Å². The van der Waals surface area contributed by atoms with Gasteiger partial charge in [-0.05, 0) is 35.9 Å². The van der Waals surface area contributed by atoms with E-state index in [0.29, 0.717) is 11.3 Å². The number of nitrogens with zero attached hydrogens (tertiary/aromatic N) is 3. The maximum atomic E-state index is 11.7. The number of methoxy groups -OCH3 is 2. The van der Waals surface area contributed by atoms with Gasteiger partial charge >= 0.3 is 0 Å². The Hall–Kier alpha value is -3.95. The highest BCUT2D eigenvalue weighted by Gasteiger charge is 2.08. The van der Waals surface area contributed by atoms with Gasteiger partial charge in [-0.2, -0.15) is 5.10 Å². The third-order valence-electron chi connectivity index (χ3n) is 3.36. The molecule has 0 fully saturated rings. The van der Waals surface area contributed by atoms with E-state index in [2.05, 4.69) is 20.8 Å². The van der Waals surface area contributed by atoms with Gasteiger partial charge in [0.15, 0.2) is 23.0 Å². The summed E-state index contributed by atoms with van der Waals surface area (Å²) in [5.74, 6) is -1.13. The standard InChI is InChI=1S/C18H18N4O6/c1-27-15-5-3-11(7-13(15)23)10-19-21-17(25)9-18(26)22-20-12-4-6-16(28-2)14(24)8-12/h3-8,10,23-24H,9H2,1-2H3,(H,21,25). The van der Waals surface area contributed by atoms with Crippen LogP contribution in [0.25, 0.3) is 0 Å². The highest BCUT2D eigenvalue weighted by atomic mass is 16.5. The molecule has 0 aliphatic heterocycles. The van der Waals surface area contributed by atoms with Gasteiger partial charge in [0.25, 0.3) is 5.91 Å². The summed E-state index contributed by atoms with van der Waals surface area (Å²) >= 11 is 0. The number of azo groups is 1. The predicted octanol–water partition coefficient (Wildman–Crippen LogP) is 2.27. The highest BCUT2D eigenvalue weighted by Crippen LogP contribution is 2.30. The van der Waals surface area contributed by atoms with Crippen molar-refractivity contribution in [2.75, 3.05) is 14.2 Å². The molecule has 10 nitrogen and oxygen atoms in total. The largest absolute Gasteiger partial charge is 0.504 e. The van der Waals surface area contributed by atoms with Crippen LogP contribution >= 0.6 is 0 Å². The van der Waals surface area contributed by atoms with Crippen LogP contribution in [0.15, 0.2) is 51.7 Å². The molecule has 0 aliphatic carbocycles. The summed E-state index contributed by atoms with van der Waals surface area (Å²) < 4.78 is 9.81. The molecule has 0 aromatic heterocycles. The molecule has 0 heterocycles. The molecule has 0 saturated heterocycles. The molecule has 0 aliphatic rings. The number of phenols is 2. The van der Waals surface area contributed by atoms with Gasteiger partial charge in [-0.25, -0.2) is 5.43 Å². The van der Waals surface area contributed by atoms with Gasteiger partial charge in [0.05, 0.1) is 26.1 Å². The van der Waals surface area contributed by atoms with Gasteiger partial charge in [-0.15, -0.1) is 10.2 Å². The van der Waals surface area contributed by atoms with Crippen molar-refractivity contribution in [1.82, 2.24) is 5.43 Å². The first-order chi connectivity index (χ1) is 13.4. The van der Waals surface area contributed by atoms with Crippen molar-refractivity contribution in [3.8, 4) is 23.0 Å². The molecule has 146 valence electrons. The van der Waals surface area contributed by atoms with Crippen LogP contribution in [-0.2, 0) is 9.59 Å². The molecule has 2 aromatic carbocycles. The Labute approximate surface area is 160 Å². The fourth-order valence-corrected chi connectivity index (χ4v) is 2.03. The maximum absolute atomic E-state index is 11.7. The van der Waals surface area contributed by atoms with Crippen LogP contribution < -0.4 is 14.9 Å².